The molecule has 1 unspecified atom stereocenters. The summed E-state index contributed by atoms with van der Waals surface area (Å²) in [6.45, 7) is 6.82. The second-order valence-corrected chi connectivity index (χ2v) is 6.93. The van der Waals surface area contributed by atoms with Gasteiger partial charge in [0.2, 0.25) is 0 Å². The second-order valence-electron chi connectivity index (χ2n) is 6.93. The molecule has 1 saturated carbocycles. The van der Waals surface area contributed by atoms with Gasteiger partial charge in [-0.25, -0.2) is 0 Å². The number of nitrogens with zero attached hydrogens (tertiary/aromatic N) is 1. The number of pyridine rings is 1. The highest BCUT2D eigenvalue weighted by molar-refractivity contribution is 5.90. The van der Waals surface area contributed by atoms with Crippen LogP contribution in [0.5, 0.6) is 0 Å². The van der Waals surface area contributed by atoms with Gasteiger partial charge in [-0.2, -0.15) is 0 Å². The molecule has 3 rings (SSSR count). The Morgan fingerprint density at radius 2 is 2.05 bits per heavy atom. The van der Waals surface area contributed by atoms with Crippen molar-refractivity contribution in [2.75, 3.05) is 5.32 Å². The van der Waals surface area contributed by atoms with Crippen molar-refractivity contribution in [2.45, 2.75) is 52.5 Å². The molecule has 1 heterocycles. The predicted octanol–water partition coefficient (Wildman–Crippen LogP) is 4.92. The number of nitrogens with one attached hydrogen (secondary N) is 1. The van der Waals surface area contributed by atoms with Gasteiger partial charge in [0.25, 0.3) is 0 Å². The molecule has 20 heavy (non-hydrogen) atoms. The maximum absolute atomic E-state index is 4.71. The SMILES string of the molecule is Cc1ccc2cccc(NC3CCCC(C)(C)C3)c2n1. The fourth-order valence-electron chi connectivity index (χ4n) is 3.40. The van der Waals surface area contributed by atoms with Crippen molar-refractivity contribution >= 4 is 16.6 Å². The third-order valence-electron chi connectivity index (χ3n) is 4.42. The normalized spacial score (nSPS) is 21.9. The van der Waals surface area contributed by atoms with Crippen molar-refractivity contribution in [1.82, 2.24) is 4.98 Å². The third-order valence-corrected chi connectivity index (χ3v) is 4.42. The number of fused-ring (bicyclic) bond motifs is 1. The highest BCUT2D eigenvalue weighted by Gasteiger charge is 2.28. The molecule has 1 aromatic heterocycles. The summed E-state index contributed by atoms with van der Waals surface area (Å²) >= 11 is 0. The van der Waals surface area contributed by atoms with Crippen LogP contribution < -0.4 is 5.32 Å². The van der Waals surface area contributed by atoms with Gasteiger partial charge in [0, 0.05) is 17.1 Å². The van der Waals surface area contributed by atoms with Crippen LogP contribution in [-0.2, 0) is 0 Å². The molecule has 0 bridgehead atoms. The molecule has 2 heteroatoms. The highest BCUT2D eigenvalue weighted by Crippen LogP contribution is 2.37. The van der Waals surface area contributed by atoms with E-state index in [0.717, 1.165) is 11.2 Å². The molecule has 106 valence electrons. The smallest absolute Gasteiger partial charge is 0.0936 e. The average Bonchev–Trinajstić information content (AvgIpc) is 2.38. The summed E-state index contributed by atoms with van der Waals surface area (Å²) < 4.78 is 0. The van der Waals surface area contributed by atoms with E-state index in [4.69, 9.17) is 4.98 Å². The summed E-state index contributed by atoms with van der Waals surface area (Å²) in [7, 11) is 0. The van der Waals surface area contributed by atoms with Gasteiger partial charge < -0.3 is 5.32 Å². The summed E-state index contributed by atoms with van der Waals surface area (Å²) in [5.41, 5.74) is 3.84. The lowest BCUT2D eigenvalue weighted by Crippen LogP contribution is -2.31. The van der Waals surface area contributed by atoms with Crippen molar-refractivity contribution in [3.8, 4) is 0 Å². The van der Waals surface area contributed by atoms with Crippen LogP contribution in [-0.4, -0.2) is 11.0 Å². The minimum Gasteiger partial charge on any atom is -0.381 e. The maximum atomic E-state index is 4.71. The van der Waals surface area contributed by atoms with Crippen LogP contribution in [0, 0.1) is 12.3 Å². The molecular formula is C18H24N2. The minimum atomic E-state index is 0.462. The lowest BCUT2D eigenvalue weighted by molar-refractivity contribution is 0.229. The maximum Gasteiger partial charge on any atom is 0.0936 e. The summed E-state index contributed by atoms with van der Waals surface area (Å²) in [6, 6.07) is 11.2. The third kappa shape index (κ3) is 2.79. The minimum absolute atomic E-state index is 0.462. The van der Waals surface area contributed by atoms with Gasteiger partial charge in [-0.3, -0.25) is 4.98 Å². The topological polar surface area (TPSA) is 24.9 Å². The summed E-state index contributed by atoms with van der Waals surface area (Å²) in [6.07, 6.45) is 5.18. The number of benzene rings is 1. The first-order chi connectivity index (χ1) is 9.53. The van der Waals surface area contributed by atoms with E-state index in [9.17, 15) is 0 Å². The van der Waals surface area contributed by atoms with Gasteiger partial charge in [0.15, 0.2) is 0 Å². The Morgan fingerprint density at radius 3 is 2.85 bits per heavy atom. The Kier molecular flexibility index (Phi) is 3.41. The van der Waals surface area contributed by atoms with Gasteiger partial charge in [0.05, 0.1) is 11.2 Å². The molecule has 2 nitrogen and oxygen atoms in total. The zero-order valence-electron chi connectivity index (χ0n) is 12.7. The first-order valence-electron chi connectivity index (χ1n) is 7.66. The predicted molar refractivity (Wildman–Crippen MR) is 86.1 cm³/mol. The van der Waals surface area contributed by atoms with E-state index in [-0.39, 0.29) is 0 Å². The van der Waals surface area contributed by atoms with Crippen LogP contribution in [0.2, 0.25) is 0 Å². The van der Waals surface area contributed by atoms with Gasteiger partial charge in [-0.1, -0.05) is 38.5 Å². The van der Waals surface area contributed by atoms with Crippen molar-refractivity contribution in [3.63, 3.8) is 0 Å². The largest absolute Gasteiger partial charge is 0.381 e. The zero-order chi connectivity index (χ0) is 14.2. The molecule has 0 amide bonds. The van der Waals surface area contributed by atoms with E-state index < -0.39 is 0 Å². The van der Waals surface area contributed by atoms with Crippen molar-refractivity contribution in [3.05, 3.63) is 36.0 Å². The van der Waals surface area contributed by atoms with E-state index >= 15 is 0 Å². The first-order valence-corrected chi connectivity index (χ1v) is 7.66. The average molecular weight is 268 g/mol. The number of hydrogen-bond donors (Lipinski definition) is 1. The number of anilines is 1. The molecule has 1 fully saturated rings. The molecule has 0 saturated heterocycles. The van der Waals surface area contributed by atoms with Crippen LogP contribution >= 0.6 is 0 Å². The van der Waals surface area contributed by atoms with Gasteiger partial charge >= 0.3 is 0 Å². The molecule has 1 aliphatic rings. The Bertz CT molecular complexity index is 616. The van der Waals surface area contributed by atoms with Crippen LogP contribution in [0.1, 0.15) is 45.2 Å². The van der Waals surface area contributed by atoms with E-state index in [0.29, 0.717) is 11.5 Å². The Balaban J connectivity index is 1.89. The van der Waals surface area contributed by atoms with Crippen molar-refractivity contribution in [1.29, 1.82) is 0 Å². The number of rotatable bonds is 2. The Labute approximate surface area is 121 Å². The lowest BCUT2D eigenvalue weighted by atomic mass is 9.75. The molecule has 0 radical (unpaired) electrons. The molecular weight excluding hydrogens is 244 g/mol. The van der Waals surface area contributed by atoms with Crippen LogP contribution in [0.15, 0.2) is 30.3 Å². The first kappa shape index (κ1) is 13.4. The van der Waals surface area contributed by atoms with Gasteiger partial charge in [-0.05, 0) is 43.7 Å². The quantitative estimate of drug-likeness (QED) is 0.836. The van der Waals surface area contributed by atoms with Gasteiger partial charge in [-0.15, -0.1) is 0 Å². The van der Waals surface area contributed by atoms with Crippen LogP contribution in [0.3, 0.4) is 0 Å². The molecule has 0 aliphatic heterocycles. The molecule has 2 aromatic rings. The second kappa shape index (κ2) is 5.08. The number of hydrogen-bond acceptors (Lipinski definition) is 2. The number of aryl methyl sites for hydroxylation is 1. The number of aromatic nitrogens is 1. The molecule has 0 spiro atoms. The highest BCUT2D eigenvalue weighted by atomic mass is 14.9. The Morgan fingerprint density at radius 1 is 1.20 bits per heavy atom. The van der Waals surface area contributed by atoms with Crippen LogP contribution in [0.4, 0.5) is 5.69 Å². The lowest BCUT2D eigenvalue weighted by Gasteiger charge is -2.36. The molecule has 1 atom stereocenters. The Hall–Kier alpha value is -1.57. The molecule has 1 N–H and O–H groups in total. The molecule has 1 aromatic carbocycles. The van der Waals surface area contributed by atoms with Gasteiger partial charge in [0.1, 0.15) is 0 Å². The summed E-state index contributed by atoms with van der Waals surface area (Å²) in [5.74, 6) is 0. The van der Waals surface area contributed by atoms with E-state index in [1.54, 1.807) is 0 Å². The monoisotopic (exact) mass is 268 g/mol. The standard InChI is InChI=1S/C18H24N2/c1-13-9-10-14-6-4-8-16(17(14)19-13)20-15-7-5-11-18(2,3)12-15/h4,6,8-10,15,20H,5,7,11-12H2,1-3H3. The zero-order valence-corrected chi connectivity index (χ0v) is 12.7. The van der Waals surface area contributed by atoms with E-state index in [1.807, 2.05) is 0 Å². The van der Waals surface area contributed by atoms with Crippen LogP contribution in [0.25, 0.3) is 10.9 Å². The summed E-state index contributed by atoms with van der Waals surface area (Å²) in [4.78, 5) is 4.71. The van der Waals surface area contributed by atoms with E-state index in [2.05, 4.69) is 56.4 Å². The summed E-state index contributed by atoms with van der Waals surface area (Å²) in [5, 5.41) is 4.96. The van der Waals surface area contributed by atoms with E-state index in [1.165, 1.54) is 36.8 Å². The fourth-order valence-corrected chi connectivity index (χ4v) is 3.40. The fraction of sp³-hybridized carbons (Fsp3) is 0.500. The number of para-hydroxylation sites is 1. The van der Waals surface area contributed by atoms with Crippen molar-refractivity contribution < 1.29 is 0 Å². The molecule has 1 aliphatic carbocycles. The van der Waals surface area contributed by atoms with Crippen molar-refractivity contribution in [2.24, 2.45) is 5.41 Å².